The van der Waals surface area contributed by atoms with E-state index in [1.165, 1.54) is 12.0 Å². The van der Waals surface area contributed by atoms with Crippen LogP contribution in [-0.4, -0.2) is 19.7 Å². The van der Waals surface area contributed by atoms with Gasteiger partial charge in [0.15, 0.2) is 0 Å². The van der Waals surface area contributed by atoms with Crippen molar-refractivity contribution in [2.45, 2.75) is 11.8 Å². The summed E-state index contributed by atoms with van der Waals surface area (Å²) in [4.78, 5) is 0. The first-order valence-electron chi connectivity index (χ1n) is 4.94. The molecule has 0 radical (unpaired) electrons. The van der Waals surface area contributed by atoms with Gasteiger partial charge in [0.2, 0.25) is 0 Å². The minimum atomic E-state index is 0.260. The monoisotopic (exact) mass is 253 g/mol. The molecule has 1 saturated heterocycles. The third-order valence-corrected chi connectivity index (χ3v) is 3.76. The minimum Gasteiger partial charge on any atom is -0.492 e. The second-order valence-electron chi connectivity index (χ2n) is 4.14. The number of nitrogens with one attached hydrogen (secondary N) is 1. The van der Waals surface area contributed by atoms with Crippen LogP contribution in [0.15, 0.2) is 22.7 Å². The molecule has 0 aromatic heterocycles. The fourth-order valence-electron chi connectivity index (χ4n) is 2.44. The highest BCUT2D eigenvalue weighted by Gasteiger charge is 2.42. The molecule has 1 N–H and O–H groups in total. The van der Waals surface area contributed by atoms with Crippen molar-refractivity contribution < 1.29 is 4.74 Å². The van der Waals surface area contributed by atoms with E-state index in [2.05, 4.69) is 39.4 Å². The van der Waals surface area contributed by atoms with Gasteiger partial charge in [-0.1, -0.05) is 22.0 Å². The van der Waals surface area contributed by atoms with Crippen molar-refractivity contribution in [2.75, 3.05) is 19.7 Å². The molecule has 14 heavy (non-hydrogen) atoms. The lowest BCUT2D eigenvalue weighted by Gasteiger charge is -2.19. The molecule has 2 aliphatic rings. The summed E-state index contributed by atoms with van der Waals surface area (Å²) < 4.78 is 6.84. The van der Waals surface area contributed by atoms with Crippen LogP contribution in [0, 0.1) is 0 Å². The Morgan fingerprint density at radius 2 is 2.36 bits per heavy atom. The van der Waals surface area contributed by atoms with Crippen LogP contribution in [0.4, 0.5) is 0 Å². The molecule has 0 amide bonds. The number of hydrogen-bond donors (Lipinski definition) is 1. The molecule has 74 valence electrons. The van der Waals surface area contributed by atoms with Gasteiger partial charge in [-0.25, -0.2) is 0 Å². The van der Waals surface area contributed by atoms with E-state index in [1.807, 2.05) is 0 Å². The third kappa shape index (κ3) is 1.12. The Morgan fingerprint density at radius 3 is 3.14 bits per heavy atom. The van der Waals surface area contributed by atoms with E-state index in [1.54, 1.807) is 0 Å². The van der Waals surface area contributed by atoms with Crippen LogP contribution < -0.4 is 10.1 Å². The fourth-order valence-corrected chi connectivity index (χ4v) is 2.78. The standard InChI is InChI=1S/C11H12BrNO/c12-8-1-2-9-10(5-8)14-7-11(9)3-4-13-6-11/h1-2,5,13H,3-4,6-7H2. The van der Waals surface area contributed by atoms with Crippen LogP contribution in [0.3, 0.4) is 0 Å². The summed E-state index contributed by atoms with van der Waals surface area (Å²) in [7, 11) is 0. The topological polar surface area (TPSA) is 21.3 Å². The summed E-state index contributed by atoms with van der Waals surface area (Å²) in [5.41, 5.74) is 1.64. The van der Waals surface area contributed by atoms with E-state index < -0.39 is 0 Å². The number of benzene rings is 1. The first kappa shape index (κ1) is 8.74. The smallest absolute Gasteiger partial charge is 0.124 e. The van der Waals surface area contributed by atoms with Crippen molar-refractivity contribution in [3.63, 3.8) is 0 Å². The fraction of sp³-hybridized carbons (Fsp3) is 0.455. The van der Waals surface area contributed by atoms with E-state index >= 15 is 0 Å². The van der Waals surface area contributed by atoms with E-state index in [4.69, 9.17) is 4.74 Å². The number of halogens is 1. The maximum absolute atomic E-state index is 5.75. The molecule has 0 bridgehead atoms. The van der Waals surface area contributed by atoms with E-state index in [0.717, 1.165) is 29.9 Å². The Kier molecular flexibility index (Phi) is 1.86. The van der Waals surface area contributed by atoms with Crippen molar-refractivity contribution >= 4 is 15.9 Å². The third-order valence-electron chi connectivity index (χ3n) is 3.26. The zero-order chi connectivity index (χ0) is 9.60. The molecule has 2 nitrogen and oxygen atoms in total. The van der Waals surface area contributed by atoms with Crippen molar-refractivity contribution in [1.82, 2.24) is 5.32 Å². The molecular formula is C11H12BrNO. The van der Waals surface area contributed by atoms with Gasteiger partial charge in [-0.3, -0.25) is 0 Å². The van der Waals surface area contributed by atoms with Gasteiger partial charge in [0.05, 0.1) is 6.61 Å². The summed E-state index contributed by atoms with van der Waals surface area (Å²) in [6.07, 6.45) is 1.20. The summed E-state index contributed by atoms with van der Waals surface area (Å²) in [6, 6.07) is 6.37. The summed E-state index contributed by atoms with van der Waals surface area (Å²) in [6.45, 7) is 3.01. The maximum atomic E-state index is 5.75. The molecule has 1 atom stereocenters. The van der Waals surface area contributed by atoms with Crippen molar-refractivity contribution in [1.29, 1.82) is 0 Å². The Morgan fingerprint density at radius 1 is 1.43 bits per heavy atom. The van der Waals surface area contributed by atoms with Gasteiger partial charge in [-0.2, -0.15) is 0 Å². The molecular weight excluding hydrogens is 242 g/mol. The second-order valence-corrected chi connectivity index (χ2v) is 5.05. The SMILES string of the molecule is Brc1ccc2c(c1)OCC21CCNC1. The highest BCUT2D eigenvalue weighted by Crippen LogP contribution is 2.43. The molecule has 1 aromatic carbocycles. The van der Waals surface area contributed by atoms with Crippen LogP contribution in [0.1, 0.15) is 12.0 Å². The molecule has 0 saturated carbocycles. The van der Waals surface area contributed by atoms with Crippen LogP contribution in [0.2, 0.25) is 0 Å². The summed E-state index contributed by atoms with van der Waals surface area (Å²) in [5, 5.41) is 3.42. The number of rotatable bonds is 0. The summed E-state index contributed by atoms with van der Waals surface area (Å²) >= 11 is 3.47. The predicted octanol–water partition coefficient (Wildman–Crippen LogP) is 2.07. The quantitative estimate of drug-likeness (QED) is 0.765. The maximum Gasteiger partial charge on any atom is 0.124 e. The Labute approximate surface area is 91.8 Å². The van der Waals surface area contributed by atoms with Gasteiger partial charge in [0.25, 0.3) is 0 Å². The van der Waals surface area contributed by atoms with Gasteiger partial charge >= 0.3 is 0 Å². The van der Waals surface area contributed by atoms with Crippen molar-refractivity contribution in [3.05, 3.63) is 28.2 Å². The number of hydrogen-bond acceptors (Lipinski definition) is 2. The number of ether oxygens (including phenoxy) is 1. The van der Waals surface area contributed by atoms with Gasteiger partial charge in [0.1, 0.15) is 5.75 Å². The van der Waals surface area contributed by atoms with Crippen molar-refractivity contribution in [2.24, 2.45) is 0 Å². The molecule has 1 aromatic rings. The average Bonchev–Trinajstić information content (AvgIpc) is 2.77. The summed E-state index contributed by atoms with van der Waals surface area (Å²) in [5.74, 6) is 1.06. The van der Waals surface area contributed by atoms with Crippen LogP contribution in [-0.2, 0) is 5.41 Å². The molecule has 1 fully saturated rings. The Bertz CT molecular complexity index is 372. The van der Waals surface area contributed by atoms with Crippen molar-refractivity contribution in [3.8, 4) is 5.75 Å². The first-order chi connectivity index (χ1) is 6.80. The highest BCUT2D eigenvalue weighted by molar-refractivity contribution is 9.10. The highest BCUT2D eigenvalue weighted by atomic mass is 79.9. The zero-order valence-corrected chi connectivity index (χ0v) is 9.43. The predicted molar refractivity (Wildman–Crippen MR) is 58.8 cm³/mol. The lowest BCUT2D eigenvalue weighted by atomic mass is 9.82. The molecule has 1 unspecified atom stereocenters. The van der Waals surface area contributed by atoms with E-state index in [9.17, 15) is 0 Å². The Balaban J connectivity index is 2.09. The first-order valence-corrected chi connectivity index (χ1v) is 5.73. The van der Waals surface area contributed by atoms with Gasteiger partial charge in [0, 0.05) is 22.0 Å². The van der Waals surface area contributed by atoms with Gasteiger partial charge in [-0.15, -0.1) is 0 Å². The zero-order valence-electron chi connectivity index (χ0n) is 7.85. The van der Waals surface area contributed by atoms with E-state index in [-0.39, 0.29) is 5.41 Å². The lowest BCUT2D eigenvalue weighted by Crippen LogP contribution is -2.30. The van der Waals surface area contributed by atoms with Crippen LogP contribution in [0.5, 0.6) is 5.75 Å². The molecule has 0 aliphatic carbocycles. The molecule has 2 aliphatic heterocycles. The molecule has 3 heteroatoms. The lowest BCUT2D eigenvalue weighted by molar-refractivity contribution is 0.277. The van der Waals surface area contributed by atoms with Crippen LogP contribution in [0.25, 0.3) is 0 Å². The Hall–Kier alpha value is -0.540. The molecule has 3 rings (SSSR count). The van der Waals surface area contributed by atoms with Gasteiger partial charge in [-0.05, 0) is 25.1 Å². The minimum absolute atomic E-state index is 0.260. The van der Waals surface area contributed by atoms with Crippen LogP contribution >= 0.6 is 15.9 Å². The normalized spacial score (nSPS) is 29.2. The molecule has 2 heterocycles. The largest absolute Gasteiger partial charge is 0.492 e. The average molecular weight is 254 g/mol. The van der Waals surface area contributed by atoms with E-state index in [0.29, 0.717) is 0 Å². The molecule has 1 spiro atoms. The van der Waals surface area contributed by atoms with Gasteiger partial charge < -0.3 is 10.1 Å². The second kappa shape index (κ2) is 2.97. The number of fused-ring (bicyclic) bond motifs is 2.